The number of halogens is 1. The molecule has 3 aromatic heterocycles. The molecule has 2 amide bonds. The van der Waals surface area contributed by atoms with E-state index >= 15 is 0 Å². The van der Waals surface area contributed by atoms with E-state index in [1.807, 2.05) is 24.3 Å². The van der Waals surface area contributed by atoms with Crippen LogP contribution in [0.1, 0.15) is 35.0 Å². The Balaban J connectivity index is 1.32. The van der Waals surface area contributed by atoms with Gasteiger partial charge in [-0.1, -0.05) is 23.9 Å². The van der Waals surface area contributed by atoms with Gasteiger partial charge in [0.1, 0.15) is 10.2 Å². The molecule has 11 nitrogen and oxygen atoms in total. The summed E-state index contributed by atoms with van der Waals surface area (Å²) >= 11 is 6.19. The van der Waals surface area contributed by atoms with Crippen LogP contribution in [0, 0.1) is 17.0 Å². The molecule has 34 heavy (non-hydrogen) atoms. The number of para-hydroxylation sites is 1. The summed E-state index contributed by atoms with van der Waals surface area (Å²) in [6.45, 7) is 3.09. The molecule has 0 radical (unpaired) electrons. The van der Waals surface area contributed by atoms with E-state index in [1.54, 1.807) is 24.3 Å². The van der Waals surface area contributed by atoms with E-state index < -0.39 is 28.6 Å². The lowest BCUT2D eigenvalue weighted by atomic mass is 10.3. The quantitative estimate of drug-likeness (QED) is 0.191. The molecule has 0 aliphatic heterocycles. The Labute approximate surface area is 209 Å². The highest BCUT2D eigenvalue weighted by atomic mass is 79.9. The van der Waals surface area contributed by atoms with Crippen molar-refractivity contribution in [3.63, 3.8) is 0 Å². The second-order valence-corrected chi connectivity index (χ2v) is 10.1. The summed E-state index contributed by atoms with van der Waals surface area (Å²) in [5, 5.41) is 14.9. The largest absolute Gasteiger partial charge is 0.455 e. The van der Waals surface area contributed by atoms with E-state index in [0.717, 1.165) is 14.6 Å². The first-order chi connectivity index (χ1) is 16.2. The first kappa shape index (κ1) is 23.9. The minimum Gasteiger partial charge on any atom is -0.455 e. The Morgan fingerprint density at radius 1 is 1.29 bits per heavy atom. The second kappa shape index (κ2) is 9.95. The summed E-state index contributed by atoms with van der Waals surface area (Å²) in [5.74, 6) is -0.545. The number of amides is 2. The van der Waals surface area contributed by atoms with Crippen molar-refractivity contribution < 1.29 is 18.9 Å². The average molecular weight is 565 g/mol. The summed E-state index contributed by atoms with van der Waals surface area (Å²) in [7, 11) is 0. The Kier molecular flexibility index (Phi) is 7.00. The normalized spacial score (nSPS) is 12.0. The molecule has 0 unspecified atom stereocenters. The lowest BCUT2D eigenvalue weighted by Gasteiger charge is -2.11. The lowest BCUT2D eigenvalue weighted by molar-refractivity contribution is -0.390. The van der Waals surface area contributed by atoms with Crippen molar-refractivity contribution in [1.82, 2.24) is 25.6 Å². The first-order valence-electron chi connectivity index (χ1n) is 9.81. The smallest absolute Gasteiger partial charge is 0.404 e. The van der Waals surface area contributed by atoms with Crippen molar-refractivity contribution in [2.24, 2.45) is 0 Å². The number of thioether (sulfide) groups is 1. The number of hydrazine groups is 1. The fourth-order valence-corrected chi connectivity index (χ4v) is 5.36. The minimum absolute atomic E-state index is 0.0292. The highest BCUT2D eigenvalue weighted by Gasteiger charge is 2.29. The number of rotatable bonds is 7. The molecule has 14 heteroatoms. The predicted molar refractivity (Wildman–Crippen MR) is 130 cm³/mol. The van der Waals surface area contributed by atoms with E-state index in [4.69, 9.17) is 4.42 Å². The van der Waals surface area contributed by atoms with Crippen LogP contribution in [-0.4, -0.2) is 31.5 Å². The van der Waals surface area contributed by atoms with Crippen LogP contribution in [0.5, 0.6) is 0 Å². The van der Waals surface area contributed by atoms with E-state index in [1.165, 1.54) is 29.4 Å². The zero-order valence-electron chi connectivity index (χ0n) is 17.8. The van der Waals surface area contributed by atoms with Crippen molar-refractivity contribution >= 4 is 66.9 Å². The molecule has 3 heterocycles. The number of furan rings is 1. The highest BCUT2D eigenvalue weighted by molar-refractivity contribution is 9.10. The molecular formula is C20H17BrN6O5S2. The zero-order valence-corrected chi connectivity index (χ0v) is 21.0. The molecule has 0 fully saturated rings. The van der Waals surface area contributed by atoms with Crippen LogP contribution in [0.15, 0.2) is 49.6 Å². The number of hydrogen-bond donors (Lipinski definition) is 2. The third-order valence-corrected chi connectivity index (χ3v) is 7.91. The Morgan fingerprint density at radius 2 is 2.06 bits per heavy atom. The molecule has 0 saturated carbocycles. The molecule has 4 aromatic rings. The standard InChI is InChI=1S/C20H17BrN6O5S2/c1-10-16(21)17(27(30)31)25-26(10)11(2)18(28)23-24-19(29)14-8-7-12(32-14)9-33-20-22-13-5-3-4-6-15(13)34-20/h3-8,11H,9H2,1-2H3,(H,23,28)(H,24,29)/t11-/m1/s1. The number of fused-ring (bicyclic) bond motifs is 1. The van der Waals surface area contributed by atoms with Gasteiger partial charge in [0.05, 0.1) is 26.8 Å². The molecule has 2 N–H and O–H groups in total. The number of carbonyl (C=O) groups is 2. The van der Waals surface area contributed by atoms with Crippen LogP contribution >= 0.6 is 39.0 Å². The van der Waals surface area contributed by atoms with Crippen molar-refractivity contribution in [3.05, 3.63) is 68.2 Å². The number of hydrogen-bond acceptors (Lipinski definition) is 9. The Hall–Kier alpha value is -3.23. The first-order valence-corrected chi connectivity index (χ1v) is 12.4. The predicted octanol–water partition coefficient (Wildman–Crippen LogP) is 4.38. The summed E-state index contributed by atoms with van der Waals surface area (Å²) in [6.07, 6.45) is 0. The SMILES string of the molecule is Cc1c(Br)c([N+](=O)[O-])nn1[C@H](C)C(=O)NNC(=O)c1ccc(CSc2nc3ccccc3s2)o1. The molecular weight excluding hydrogens is 548 g/mol. The third kappa shape index (κ3) is 4.98. The van der Waals surface area contributed by atoms with Gasteiger partial charge in [-0.2, -0.15) is 4.68 Å². The van der Waals surface area contributed by atoms with Gasteiger partial charge in [0.15, 0.2) is 16.1 Å². The number of nitrogens with zero attached hydrogens (tertiary/aromatic N) is 4. The van der Waals surface area contributed by atoms with Crippen LogP contribution in [0.4, 0.5) is 5.82 Å². The van der Waals surface area contributed by atoms with Gasteiger partial charge in [-0.15, -0.1) is 11.3 Å². The Bertz CT molecular complexity index is 1360. The molecule has 176 valence electrons. The van der Waals surface area contributed by atoms with Crippen LogP contribution in [0.2, 0.25) is 0 Å². The number of thiazole rings is 1. The van der Waals surface area contributed by atoms with Gasteiger partial charge in [-0.25, -0.2) is 4.98 Å². The second-order valence-electron chi connectivity index (χ2n) is 7.05. The summed E-state index contributed by atoms with van der Waals surface area (Å²) in [4.78, 5) is 39.8. The fourth-order valence-electron chi connectivity index (χ4n) is 3.00. The Morgan fingerprint density at radius 3 is 2.76 bits per heavy atom. The number of aromatic nitrogens is 3. The van der Waals surface area contributed by atoms with Crippen LogP contribution in [0.25, 0.3) is 10.2 Å². The number of nitro groups is 1. The molecule has 0 saturated heterocycles. The maximum atomic E-state index is 12.4. The van der Waals surface area contributed by atoms with Gasteiger partial charge in [0.25, 0.3) is 5.91 Å². The monoisotopic (exact) mass is 564 g/mol. The number of carbonyl (C=O) groups excluding carboxylic acids is 2. The summed E-state index contributed by atoms with van der Waals surface area (Å²) in [6, 6.07) is 10.1. The van der Waals surface area contributed by atoms with E-state index in [-0.39, 0.29) is 10.2 Å². The van der Waals surface area contributed by atoms with Crippen LogP contribution in [-0.2, 0) is 10.5 Å². The van der Waals surface area contributed by atoms with Gasteiger partial charge >= 0.3 is 11.7 Å². The van der Waals surface area contributed by atoms with E-state index in [9.17, 15) is 19.7 Å². The van der Waals surface area contributed by atoms with Gasteiger partial charge in [-0.3, -0.25) is 20.4 Å². The summed E-state index contributed by atoms with van der Waals surface area (Å²) < 4.78 is 8.96. The van der Waals surface area contributed by atoms with Crippen molar-refractivity contribution in [2.75, 3.05) is 0 Å². The average Bonchev–Trinajstić information content (AvgIpc) is 3.53. The summed E-state index contributed by atoms with van der Waals surface area (Å²) in [5.41, 5.74) is 5.91. The third-order valence-electron chi connectivity index (χ3n) is 4.78. The van der Waals surface area contributed by atoms with Gasteiger partial charge in [0, 0.05) is 0 Å². The topological polar surface area (TPSA) is 145 Å². The maximum absolute atomic E-state index is 12.4. The lowest BCUT2D eigenvalue weighted by Crippen LogP contribution is -2.44. The number of nitrogens with one attached hydrogen (secondary N) is 2. The van der Waals surface area contributed by atoms with Crippen molar-refractivity contribution in [1.29, 1.82) is 0 Å². The number of benzene rings is 1. The highest BCUT2D eigenvalue weighted by Crippen LogP contribution is 2.32. The molecule has 1 aromatic carbocycles. The van der Waals surface area contributed by atoms with E-state index in [0.29, 0.717) is 17.2 Å². The molecule has 0 bridgehead atoms. The molecule has 1 atom stereocenters. The van der Waals surface area contributed by atoms with Gasteiger partial charge in [0.2, 0.25) is 0 Å². The van der Waals surface area contributed by atoms with Crippen LogP contribution < -0.4 is 10.9 Å². The van der Waals surface area contributed by atoms with Crippen molar-refractivity contribution in [2.45, 2.75) is 30.0 Å². The molecule has 0 aliphatic carbocycles. The van der Waals surface area contributed by atoms with Crippen molar-refractivity contribution in [3.8, 4) is 0 Å². The minimum atomic E-state index is -0.914. The van der Waals surface area contributed by atoms with Gasteiger partial charge in [-0.05, 0) is 59.0 Å². The van der Waals surface area contributed by atoms with Gasteiger partial charge < -0.3 is 14.5 Å². The fraction of sp³-hybridized carbons (Fsp3) is 0.200. The van der Waals surface area contributed by atoms with Crippen LogP contribution in [0.3, 0.4) is 0 Å². The van der Waals surface area contributed by atoms with E-state index in [2.05, 4.69) is 36.9 Å². The molecule has 0 aliphatic rings. The zero-order chi connectivity index (χ0) is 24.4. The molecule has 0 spiro atoms. The maximum Gasteiger partial charge on any atom is 0.404 e. The molecule has 4 rings (SSSR count).